The average molecular weight is 345 g/mol. The Morgan fingerprint density at radius 1 is 1.24 bits per heavy atom. The molecule has 2 amide bonds. The summed E-state index contributed by atoms with van der Waals surface area (Å²) in [6.45, 7) is 0. The molecule has 0 aliphatic rings. The predicted octanol–water partition coefficient (Wildman–Crippen LogP) is 3.01. The van der Waals surface area contributed by atoms with E-state index in [1.807, 2.05) is 0 Å². The number of benzene rings is 1. The molecule has 0 unspecified atom stereocenters. The first-order valence-corrected chi connectivity index (χ1v) is 7.72. The van der Waals surface area contributed by atoms with Crippen LogP contribution in [0.15, 0.2) is 28.6 Å². The van der Waals surface area contributed by atoms with Crippen molar-refractivity contribution < 1.29 is 14.7 Å². The molecule has 21 heavy (non-hydrogen) atoms. The van der Waals surface area contributed by atoms with Crippen LogP contribution in [0.4, 0.5) is 15.6 Å². The van der Waals surface area contributed by atoms with Crippen LogP contribution >= 0.6 is 34.7 Å². The fourth-order valence-electron chi connectivity index (χ4n) is 1.23. The Bertz CT molecular complexity index is 647. The van der Waals surface area contributed by atoms with Gasteiger partial charge in [-0.05, 0) is 24.3 Å². The number of nitrogens with zero attached hydrogens (tertiary/aromatic N) is 2. The first-order valence-electron chi connectivity index (χ1n) is 5.54. The molecule has 1 heterocycles. The third kappa shape index (κ3) is 5.21. The van der Waals surface area contributed by atoms with E-state index in [0.717, 1.165) is 23.1 Å². The van der Waals surface area contributed by atoms with Crippen molar-refractivity contribution in [3.63, 3.8) is 0 Å². The molecule has 3 N–H and O–H groups in total. The van der Waals surface area contributed by atoms with Gasteiger partial charge in [0.2, 0.25) is 5.13 Å². The lowest BCUT2D eigenvalue weighted by Crippen LogP contribution is -2.19. The SMILES string of the molecule is O=C(O)CSc1nnc(NC(=O)Nc2ccc(Cl)cc2)s1. The number of thioether (sulfide) groups is 1. The van der Waals surface area contributed by atoms with Gasteiger partial charge in [0, 0.05) is 10.7 Å². The van der Waals surface area contributed by atoms with Gasteiger partial charge in [-0.2, -0.15) is 0 Å². The van der Waals surface area contributed by atoms with Crippen molar-refractivity contribution in [3.05, 3.63) is 29.3 Å². The maximum atomic E-state index is 11.7. The molecule has 110 valence electrons. The fourth-order valence-corrected chi connectivity index (χ4v) is 2.83. The zero-order valence-electron chi connectivity index (χ0n) is 10.4. The summed E-state index contributed by atoms with van der Waals surface area (Å²) in [7, 11) is 0. The quantitative estimate of drug-likeness (QED) is 0.569. The van der Waals surface area contributed by atoms with E-state index < -0.39 is 12.0 Å². The number of carboxylic acids is 1. The maximum absolute atomic E-state index is 11.7. The van der Waals surface area contributed by atoms with Crippen LogP contribution in [0.1, 0.15) is 0 Å². The maximum Gasteiger partial charge on any atom is 0.325 e. The first kappa shape index (κ1) is 15.5. The van der Waals surface area contributed by atoms with Gasteiger partial charge in [-0.15, -0.1) is 10.2 Å². The zero-order valence-corrected chi connectivity index (χ0v) is 12.8. The van der Waals surface area contributed by atoms with Crippen molar-refractivity contribution >= 4 is 57.5 Å². The number of carbonyl (C=O) groups is 2. The first-order chi connectivity index (χ1) is 10.0. The predicted molar refractivity (Wildman–Crippen MR) is 82.4 cm³/mol. The zero-order chi connectivity index (χ0) is 15.2. The standard InChI is InChI=1S/C11H9ClN4O3S2/c12-6-1-3-7(4-2-6)13-9(19)14-10-15-16-11(21-10)20-5-8(17)18/h1-4H,5H2,(H,17,18)(H2,13,14,15,19). The molecule has 2 rings (SSSR count). The number of carboxylic acid groups (broad SMARTS) is 1. The van der Waals surface area contributed by atoms with E-state index in [9.17, 15) is 9.59 Å². The smallest absolute Gasteiger partial charge is 0.325 e. The van der Waals surface area contributed by atoms with E-state index in [-0.39, 0.29) is 10.9 Å². The summed E-state index contributed by atoms with van der Waals surface area (Å²) >= 11 is 7.89. The Balaban J connectivity index is 1.87. The Labute approximate surface area is 132 Å². The van der Waals surface area contributed by atoms with Crippen molar-refractivity contribution in [2.45, 2.75) is 4.34 Å². The van der Waals surface area contributed by atoms with Crippen LogP contribution in [0.3, 0.4) is 0 Å². The number of hydrogen-bond acceptors (Lipinski definition) is 6. The lowest BCUT2D eigenvalue weighted by atomic mass is 10.3. The highest BCUT2D eigenvalue weighted by Gasteiger charge is 2.10. The summed E-state index contributed by atoms with van der Waals surface area (Å²) in [5.74, 6) is -1.05. The Kier molecular flexibility index (Phi) is 5.37. The molecule has 0 aliphatic carbocycles. The molecule has 1 aromatic carbocycles. The number of halogens is 1. The monoisotopic (exact) mass is 344 g/mol. The number of urea groups is 1. The molecule has 0 bridgehead atoms. The Morgan fingerprint density at radius 3 is 2.62 bits per heavy atom. The molecular weight excluding hydrogens is 336 g/mol. The van der Waals surface area contributed by atoms with Crippen LogP contribution in [-0.4, -0.2) is 33.1 Å². The van der Waals surface area contributed by atoms with E-state index in [2.05, 4.69) is 20.8 Å². The van der Waals surface area contributed by atoms with Gasteiger partial charge in [0.15, 0.2) is 4.34 Å². The van der Waals surface area contributed by atoms with Crippen molar-refractivity contribution in [3.8, 4) is 0 Å². The molecule has 0 radical (unpaired) electrons. The highest BCUT2D eigenvalue weighted by atomic mass is 35.5. The second kappa shape index (κ2) is 7.25. The second-order valence-electron chi connectivity index (χ2n) is 3.64. The summed E-state index contributed by atoms with van der Waals surface area (Å²) in [4.78, 5) is 22.2. The lowest BCUT2D eigenvalue weighted by molar-refractivity contribution is -0.133. The van der Waals surface area contributed by atoms with Gasteiger partial charge in [-0.1, -0.05) is 34.7 Å². The van der Waals surface area contributed by atoms with Crippen LogP contribution in [-0.2, 0) is 4.79 Å². The van der Waals surface area contributed by atoms with Gasteiger partial charge < -0.3 is 10.4 Å². The molecule has 7 nitrogen and oxygen atoms in total. The minimum atomic E-state index is -0.940. The normalized spacial score (nSPS) is 10.1. The number of aliphatic carboxylic acids is 1. The number of nitrogens with one attached hydrogen (secondary N) is 2. The summed E-state index contributed by atoms with van der Waals surface area (Å²) in [5.41, 5.74) is 0.585. The molecular formula is C11H9ClN4O3S2. The van der Waals surface area contributed by atoms with Crippen molar-refractivity contribution in [2.75, 3.05) is 16.4 Å². The largest absolute Gasteiger partial charge is 0.481 e. The van der Waals surface area contributed by atoms with E-state index in [1.165, 1.54) is 0 Å². The minimum Gasteiger partial charge on any atom is -0.481 e. The van der Waals surface area contributed by atoms with Gasteiger partial charge >= 0.3 is 12.0 Å². The number of aromatic nitrogens is 2. The van der Waals surface area contributed by atoms with Crippen LogP contribution < -0.4 is 10.6 Å². The number of amides is 2. The van der Waals surface area contributed by atoms with E-state index >= 15 is 0 Å². The molecule has 0 fully saturated rings. The molecule has 10 heteroatoms. The second-order valence-corrected chi connectivity index (χ2v) is 6.28. The van der Waals surface area contributed by atoms with Crippen LogP contribution in [0.25, 0.3) is 0 Å². The third-order valence-electron chi connectivity index (χ3n) is 2.05. The van der Waals surface area contributed by atoms with Crippen LogP contribution in [0.5, 0.6) is 0 Å². The fraction of sp³-hybridized carbons (Fsp3) is 0.0909. The number of hydrogen-bond donors (Lipinski definition) is 3. The topological polar surface area (TPSA) is 104 Å². The van der Waals surface area contributed by atoms with Crippen LogP contribution in [0.2, 0.25) is 5.02 Å². The van der Waals surface area contributed by atoms with Crippen LogP contribution in [0, 0.1) is 0 Å². The molecule has 1 aromatic heterocycles. The van der Waals surface area contributed by atoms with E-state index in [0.29, 0.717) is 15.0 Å². The van der Waals surface area contributed by atoms with Gasteiger partial charge in [0.25, 0.3) is 0 Å². The van der Waals surface area contributed by atoms with E-state index in [4.69, 9.17) is 16.7 Å². The van der Waals surface area contributed by atoms with Gasteiger partial charge in [-0.3, -0.25) is 10.1 Å². The number of carbonyl (C=O) groups excluding carboxylic acids is 1. The average Bonchev–Trinajstić information content (AvgIpc) is 2.86. The Hall–Kier alpha value is -1.84. The summed E-state index contributed by atoms with van der Waals surface area (Å²) in [5, 5.41) is 22.1. The summed E-state index contributed by atoms with van der Waals surface area (Å²) < 4.78 is 0.471. The Morgan fingerprint density at radius 2 is 1.95 bits per heavy atom. The lowest BCUT2D eigenvalue weighted by Gasteiger charge is -2.04. The third-order valence-corrected chi connectivity index (χ3v) is 4.26. The summed E-state index contributed by atoms with van der Waals surface area (Å²) in [6, 6.07) is 6.17. The highest BCUT2D eigenvalue weighted by Crippen LogP contribution is 2.25. The van der Waals surface area contributed by atoms with Gasteiger partial charge in [0.05, 0.1) is 5.75 Å². The number of anilines is 2. The van der Waals surface area contributed by atoms with Crippen molar-refractivity contribution in [1.29, 1.82) is 0 Å². The molecule has 0 aliphatic heterocycles. The van der Waals surface area contributed by atoms with Crippen molar-refractivity contribution in [1.82, 2.24) is 10.2 Å². The molecule has 0 spiro atoms. The number of rotatable bonds is 5. The molecule has 2 aromatic rings. The van der Waals surface area contributed by atoms with Gasteiger partial charge in [0.1, 0.15) is 0 Å². The highest BCUT2D eigenvalue weighted by molar-refractivity contribution is 8.01. The molecule has 0 saturated heterocycles. The minimum absolute atomic E-state index is 0.106. The molecule has 0 saturated carbocycles. The summed E-state index contributed by atoms with van der Waals surface area (Å²) in [6.07, 6.45) is 0. The van der Waals surface area contributed by atoms with Gasteiger partial charge in [-0.25, -0.2) is 4.79 Å². The van der Waals surface area contributed by atoms with E-state index in [1.54, 1.807) is 24.3 Å². The van der Waals surface area contributed by atoms with Crippen molar-refractivity contribution in [2.24, 2.45) is 0 Å². The molecule has 0 atom stereocenters.